The quantitative estimate of drug-likeness (QED) is 0.627. The number of ether oxygens (including phenoxy) is 2. The van der Waals surface area contributed by atoms with E-state index in [0.717, 1.165) is 37.0 Å². The Morgan fingerprint density at radius 1 is 1.03 bits per heavy atom. The van der Waals surface area contributed by atoms with Gasteiger partial charge in [-0.2, -0.15) is 0 Å². The van der Waals surface area contributed by atoms with Crippen molar-refractivity contribution in [2.75, 3.05) is 13.7 Å². The molecule has 1 N–H and O–H groups in total. The number of rotatable bonds is 10. The highest BCUT2D eigenvalue weighted by atomic mass is 16.5. The van der Waals surface area contributed by atoms with E-state index in [1.165, 1.54) is 0 Å². The molecule has 0 spiro atoms. The average Bonchev–Trinajstić information content (AvgIpc) is 3.31. The topological polar surface area (TPSA) is 67.9 Å². The van der Waals surface area contributed by atoms with E-state index in [1.807, 2.05) is 37.3 Å². The predicted molar refractivity (Wildman–Crippen MR) is 120 cm³/mol. The molecule has 1 atom stereocenters. The predicted octanol–water partition coefficient (Wildman–Crippen LogP) is 3.94. The van der Waals surface area contributed by atoms with Crippen LogP contribution in [0.15, 0.2) is 54.6 Å². The fourth-order valence-corrected chi connectivity index (χ4v) is 3.97. The number of hydrogen-bond donors (Lipinski definition) is 1. The number of benzene rings is 2. The first-order valence-corrected chi connectivity index (χ1v) is 11.0. The van der Waals surface area contributed by atoms with Crippen molar-refractivity contribution in [2.45, 2.75) is 57.7 Å². The number of nitrogens with zero attached hydrogens (tertiary/aromatic N) is 1. The first kappa shape index (κ1) is 22.7. The number of amides is 2. The van der Waals surface area contributed by atoms with E-state index in [0.29, 0.717) is 18.7 Å². The van der Waals surface area contributed by atoms with Gasteiger partial charge in [0, 0.05) is 12.6 Å². The van der Waals surface area contributed by atoms with E-state index >= 15 is 0 Å². The Morgan fingerprint density at radius 3 is 2.29 bits per heavy atom. The van der Waals surface area contributed by atoms with E-state index in [9.17, 15) is 9.59 Å². The fraction of sp³-hybridized carbons (Fsp3) is 0.440. The molecule has 1 saturated carbocycles. The smallest absolute Gasteiger partial charge is 0.261 e. The zero-order valence-corrected chi connectivity index (χ0v) is 18.4. The molecule has 1 fully saturated rings. The Morgan fingerprint density at radius 2 is 1.68 bits per heavy atom. The summed E-state index contributed by atoms with van der Waals surface area (Å²) in [4.78, 5) is 27.9. The molecule has 6 heteroatoms. The lowest BCUT2D eigenvalue weighted by Gasteiger charge is -2.31. The van der Waals surface area contributed by atoms with E-state index in [1.54, 1.807) is 36.3 Å². The van der Waals surface area contributed by atoms with Crippen LogP contribution in [0.4, 0.5) is 0 Å². The molecule has 0 unspecified atom stereocenters. The normalized spacial score (nSPS) is 14.6. The Bertz CT molecular complexity index is 832. The second kappa shape index (κ2) is 11.4. The number of carbonyl (C=O) groups is 2. The van der Waals surface area contributed by atoms with Crippen molar-refractivity contribution >= 4 is 11.8 Å². The summed E-state index contributed by atoms with van der Waals surface area (Å²) >= 11 is 0. The van der Waals surface area contributed by atoms with Gasteiger partial charge in [-0.25, -0.2) is 0 Å². The number of carbonyl (C=O) groups excluding carboxylic acids is 2. The van der Waals surface area contributed by atoms with Gasteiger partial charge in [-0.1, -0.05) is 50.1 Å². The van der Waals surface area contributed by atoms with Crippen molar-refractivity contribution in [2.24, 2.45) is 0 Å². The molecule has 0 aliphatic heterocycles. The molecule has 2 aromatic carbocycles. The van der Waals surface area contributed by atoms with Crippen LogP contribution in [0.25, 0.3) is 0 Å². The molecule has 166 valence electrons. The molecule has 6 nitrogen and oxygen atoms in total. The lowest BCUT2D eigenvalue weighted by molar-refractivity contribution is -0.143. The summed E-state index contributed by atoms with van der Waals surface area (Å²) in [5.41, 5.74) is 0.979. The largest absolute Gasteiger partial charge is 0.497 e. The molecule has 1 aliphatic rings. The summed E-state index contributed by atoms with van der Waals surface area (Å²) in [6.45, 7) is 2.17. The second-order valence-corrected chi connectivity index (χ2v) is 7.89. The maximum absolute atomic E-state index is 13.2. The fourth-order valence-electron chi connectivity index (χ4n) is 3.97. The van der Waals surface area contributed by atoms with Crippen LogP contribution in [0.2, 0.25) is 0 Å². The Hall–Kier alpha value is -3.02. The van der Waals surface area contributed by atoms with Gasteiger partial charge >= 0.3 is 0 Å². The minimum Gasteiger partial charge on any atom is -0.497 e. The van der Waals surface area contributed by atoms with Crippen LogP contribution in [0.3, 0.4) is 0 Å². The van der Waals surface area contributed by atoms with E-state index in [4.69, 9.17) is 9.47 Å². The Balaban J connectivity index is 1.71. The van der Waals surface area contributed by atoms with Crippen LogP contribution in [-0.2, 0) is 16.1 Å². The Kier molecular flexibility index (Phi) is 8.33. The third-order valence-electron chi connectivity index (χ3n) is 5.70. The van der Waals surface area contributed by atoms with Crippen LogP contribution in [0.1, 0.15) is 44.6 Å². The molecule has 0 saturated heterocycles. The van der Waals surface area contributed by atoms with Gasteiger partial charge in [0.2, 0.25) is 5.91 Å². The molecule has 1 aliphatic carbocycles. The van der Waals surface area contributed by atoms with Crippen molar-refractivity contribution < 1.29 is 19.1 Å². The first-order chi connectivity index (χ1) is 15.1. The molecule has 0 aromatic heterocycles. The summed E-state index contributed by atoms with van der Waals surface area (Å²) in [6, 6.07) is 16.5. The molecule has 31 heavy (non-hydrogen) atoms. The summed E-state index contributed by atoms with van der Waals surface area (Å²) in [6.07, 6.45) is 4.85. The zero-order chi connectivity index (χ0) is 22.1. The van der Waals surface area contributed by atoms with Crippen LogP contribution in [0.5, 0.6) is 11.5 Å². The average molecular weight is 425 g/mol. The van der Waals surface area contributed by atoms with Crippen molar-refractivity contribution in [3.8, 4) is 11.5 Å². The van der Waals surface area contributed by atoms with Gasteiger partial charge in [0.25, 0.3) is 5.91 Å². The first-order valence-electron chi connectivity index (χ1n) is 11.0. The van der Waals surface area contributed by atoms with Gasteiger partial charge in [0.15, 0.2) is 6.61 Å². The van der Waals surface area contributed by atoms with Crippen LogP contribution >= 0.6 is 0 Å². The Labute approximate surface area is 184 Å². The van der Waals surface area contributed by atoms with Crippen LogP contribution in [0, 0.1) is 0 Å². The van der Waals surface area contributed by atoms with Gasteiger partial charge in [-0.05, 0) is 49.1 Å². The molecule has 0 bridgehead atoms. The highest BCUT2D eigenvalue weighted by molar-refractivity contribution is 5.88. The van der Waals surface area contributed by atoms with Crippen molar-refractivity contribution in [1.82, 2.24) is 10.2 Å². The standard InChI is InChI=1S/C25H32N2O4/c1-3-23(25(29)26-20-11-7-8-12-20)27(17-19-9-5-4-6-10-19)24(28)18-31-22-15-13-21(30-2)14-16-22/h4-6,9-10,13-16,20,23H,3,7-8,11-12,17-18H2,1-2H3,(H,26,29)/t23-/m0/s1. The summed E-state index contributed by atoms with van der Waals surface area (Å²) in [5.74, 6) is 1.01. The molecule has 0 radical (unpaired) electrons. The van der Waals surface area contributed by atoms with Gasteiger partial charge in [0.05, 0.1) is 7.11 Å². The molecule has 2 amide bonds. The van der Waals surface area contributed by atoms with Gasteiger partial charge in [0.1, 0.15) is 17.5 Å². The summed E-state index contributed by atoms with van der Waals surface area (Å²) in [7, 11) is 1.60. The summed E-state index contributed by atoms with van der Waals surface area (Å²) in [5, 5.41) is 3.15. The number of methoxy groups -OCH3 is 1. The maximum Gasteiger partial charge on any atom is 0.261 e. The van der Waals surface area contributed by atoms with E-state index < -0.39 is 6.04 Å². The zero-order valence-electron chi connectivity index (χ0n) is 18.4. The molecular formula is C25H32N2O4. The highest BCUT2D eigenvalue weighted by Gasteiger charge is 2.30. The van der Waals surface area contributed by atoms with E-state index in [-0.39, 0.29) is 24.5 Å². The second-order valence-electron chi connectivity index (χ2n) is 7.89. The van der Waals surface area contributed by atoms with Crippen molar-refractivity contribution in [3.05, 3.63) is 60.2 Å². The minimum atomic E-state index is -0.534. The summed E-state index contributed by atoms with van der Waals surface area (Å²) < 4.78 is 10.9. The monoisotopic (exact) mass is 424 g/mol. The maximum atomic E-state index is 13.2. The number of hydrogen-bond acceptors (Lipinski definition) is 4. The number of nitrogens with one attached hydrogen (secondary N) is 1. The third kappa shape index (κ3) is 6.48. The van der Waals surface area contributed by atoms with E-state index in [2.05, 4.69) is 5.32 Å². The molecule has 3 rings (SSSR count). The third-order valence-corrected chi connectivity index (χ3v) is 5.70. The highest BCUT2D eigenvalue weighted by Crippen LogP contribution is 2.20. The van der Waals surface area contributed by atoms with Crippen molar-refractivity contribution in [3.63, 3.8) is 0 Å². The molecule has 2 aromatic rings. The van der Waals surface area contributed by atoms with Crippen LogP contribution in [-0.4, -0.2) is 42.5 Å². The molecule has 0 heterocycles. The lowest BCUT2D eigenvalue weighted by atomic mass is 10.1. The van der Waals surface area contributed by atoms with Gasteiger partial charge < -0.3 is 19.7 Å². The minimum absolute atomic E-state index is 0.0804. The van der Waals surface area contributed by atoms with Gasteiger partial charge in [-0.15, -0.1) is 0 Å². The SMILES string of the molecule is CC[C@@H](C(=O)NC1CCCC1)N(Cc1ccccc1)C(=O)COc1ccc(OC)cc1. The van der Waals surface area contributed by atoms with Gasteiger partial charge in [-0.3, -0.25) is 9.59 Å². The van der Waals surface area contributed by atoms with Crippen molar-refractivity contribution in [1.29, 1.82) is 0 Å². The molecular weight excluding hydrogens is 392 g/mol. The van der Waals surface area contributed by atoms with Crippen LogP contribution < -0.4 is 14.8 Å². The lowest BCUT2D eigenvalue weighted by Crippen LogP contribution is -2.52.